The van der Waals surface area contributed by atoms with Crippen molar-refractivity contribution in [3.05, 3.63) is 63.7 Å². The van der Waals surface area contributed by atoms with Crippen LogP contribution >= 0.6 is 0 Å². The Labute approximate surface area is 121 Å². The summed E-state index contributed by atoms with van der Waals surface area (Å²) in [6.07, 6.45) is 6.45. The zero-order valence-corrected chi connectivity index (χ0v) is 11.5. The van der Waals surface area contributed by atoms with Gasteiger partial charge in [0.15, 0.2) is 0 Å². The molecule has 1 saturated carbocycles. The van der Waals surface area contributed by atoms with E-state index in [1.807, 2.05) is 23.0 Å². The summed E-state index contributed by atoms with van der Waals surface area (Å²) in [7, 11) is 0. The molecule has 0 saturated heterocycles. The highest BCUT2D eigenvalue weighted by Crippen LogP contribution is 2.20. The third-order valence-corrected chi connectivity index (χ3v) is 3.56. The highest BCUT2D eigenvalue weighted by atomic mass is 19.1. The highest BCUT2D eigenvalue weighted by molar-refractivity contribution is 5.35. The minimum atomic E-state index is -0.791. The first-order valence-corrected chi connectivity index (χ1v) is 6.92. The Hall–Kier alpha value is -2.21. The zero-order valence-electron chi connectivity index (χ0n) is 11.5. The molecular formula is C15H16FN3O2. The van der Waals surface area contributed by atoms with Crippen molar-refractivity contribution >= 4 is 5.69 Å². The molecule has 0 bridgehead atoms. The molecule has 3 rings (SSSR count). The van der Waals surface area contributed by atoms with E-state index in [4.69, 9.17) is 0 Å². The molecule has 1 aliphatic rings. The van der Waals surface area contributed by atoms with Crippen LogP contribution in [0.1, 0.15) is 24.0 Å². The average Bonchev–Trinajstić information content (AvgIpc) is 3.16. The summed E-state index contributed by atoms with van der Waals surface area (Å²) >= 11 is 0. The lowest BCUT2D eigenvalue weighted by molar-refractivity contribution is -0.387. The number of aromatic nitrogens is 1. The first kappa shape index (κ1) is 13.8. The van der Waals surface area contributed by atoms with Crippen LogP contribution in [-0.2, 0) is 13.1 Å². The van der Waals surface area contributed by atoms with Crippen molar-refractivity contribution in [2.45, 2.75) is 32.0 Å². The summed E-state index contributed by atoms with van der Waals surface area (Å²) in [4.78, 5) is 9.87. The van der Waals surface area contributed by atoms with E-state index >= 15 is 0 Å². The van der Waals surface area contributed by atoms with Crippen molar-refractivity contribution in [3.63, 3.8) is 0 Å². The fourth-order valence-corrected chi connectivity index (χ4v) is 2.25. The van der Waals surface area contributed by atoms with Crippen molar-refractivity contribution in [3.8, 4) is 0 Å². The van der Waals surface area contributed by atoms with Gasteiger partial charge in [-0.1, -0.05) is 6.07 Å². The van der Waals surface area contributed by atoms with E-state index in [9.17, 15) is 14.5 Å². The van der Waals surface area contributed by atoms with Gasteiger partial charge in [0, 0.05) is 37.6 Å². The quantitative estimate of drug-likeness (QED) is 0.657. The molecule has 6 heteroatoms. The molecular weight excluding hydrogens is 273 g/mol. The van der Waals surface area contributed by atoms with Crippen LogP contribution in [0.5, 0.6) is 0 Å². The van der Waals surface area contributed by atoms with Gasteiger partial charge in [0.25, 0.3) is 0 Å². The summed E-state index contributed by atoms with van der Waals surface area (Å²) in [5.41, 5.74) is 1.40. The molecule has 2 aromatic rings. The van der Waals surface area contributed by atoms with E-state index in [0.717, 1.165) is 6.54 Å². The minimum Gasteiger partial charge on any atom is -0.350 e. The maximum absolute atomic E-state index is 13.6. The maximum Gasteiger partial charge on any atom is 0.304 e. The number of nitrogens with one attached hydrogen (secondary N) is 1. The number of hydrogen-bond donors (Lipinski definition) is 1. The lowest BCUT2D eigenvalue weighted by Crippen LogP contribution is -2.14. The van der Waals surface area contributed by atoms with Gasteiger partial charge in [0.05, 0.1) is 4.92 Å². The maximum atomic E-state index is 13.6. The molecule has 0 aliphatic heterocycles. The van der Waals surface area contributed by atoms with Gasteiger partial charge in [-0.15, -0.1) is 0 Å². The molecule has 1 aliphatic carbocycles. The van der Waals surface area contributed by atoms with Crippen molar-refractivity contribution < 1.29 is 9.31 Å². The van der Waals surface area contributed by atoms with Crippen LogP contribution in [-0.4, -0.2) is 15.5 Å². The average molecular weight is 289 g/mol. The van der Waals surface area contributed by atoms with Crippen molar-refractivity contribution in [1.82, 2.24) is 9.88 Å². The third kappa shape index (κ3) is 3.46. The Morgan fingerprint density at radius 3 is 2.81 bits per heavy atom. The van der Waals surface area contributed by atoms with Crippen LogP contribution in [0, 0.1) is 15.9 Å². The van der Waals surface area contributed by atoms with E-state index in [2.05, 4.69) is 5.32 Å². The Morgan fingerprint density at radius 1 is 1.33 bits per heavy atom. The largest absolute Gasteiger partial charge is 0.350 e. The van der Waals surface area contributed by atoms with Gasteiger partial charge < -0.3 is 9.88 Å². The topological polar surface area (TPSA) is 60.1 Å². The van der Waals surface area contributed by atoms with Crippen molar-refractivity contribution in [1.29, 1.82) is 0 Å². The van der Waals surface area contributed by atoms with Gasteiger partial charge in [-0.25, -0.2) is 0 Å². The molecule has 1 N–H and O–H groups in total. The molecule has 0 radical (unpaired) electrons. The smallest absolute Gasteiger partial charge is 0.304 e. The minimum absolute atomic E-state index is 0.486. The van der Waals surface area contributed by atoms with E-state index in [1.54, 1.807) is 6.07 Å². The Bertz CT molecular complexity index is 665. The van der Waals surface area contributed by atoms with Gasteiger partial charge in [0.1, 0.15) is 0 Å². The Balaban J connectivity index is 1.65. The molecule has 0 atom stereocenters. The second-order valence-corrected chi connectivity index (χ2v) is 5.39. The van der Waals surface area contributed by atoms with E-state index in [1.165, 1.54) is 30.5 Å². The number of hydrogen-bond acceptors (Lipinski definition) is 3. The van der Waals surface area contributed by atoms with Gasteiger partial charge in [0.2, 0.25) is 5.82 Å². The predicted octanol–water partition coefficient (Wildman–Crippen LogP) is 2.84. The van der Waals surface area contributed by atoms with Gasteiger partial charge in [-0.3, -0.25) is 10.1 Å². The number of halogens is 1. The summed E-state index contributed by atoms with van der Waals surface area (Å²) < 4.78 is 15.5. The normalized spacial score (nSPS) is 14.3. The molecule has 110 valence electrons. The summed E-state index contributed by atoms with van der Waals surface area (Å²) in [5, 5.41) is 14.0. The lowest BCUT2D eigenvalue weighted by atomic mass is 10.2. The first-order chi connectivity index (χ1) is 10.1. The SMILES string of the molecule is O=[N+]([O-])c1ccc(Cn2ccc(CNC3CC3)c2)cc1F. The number of benzene rings is 1. The highest BCUT2D eigenvalue weighted by Gasteiger charge is 2.20. The molecule has 0 unspecified atom stereocenters. The lowest BCUT2D eigenvalue weighted by Gasteiger charge is -2.04. The van der Waals surface area contributed by atoms with Gasteiger partial charge in [-0.05, 0) is 36.1 Å². The van der Waals surface area contributed by atoms with Crippen LogP contribution in [0.25, 0.3) is 0 Å². The standard InChI is InChI=1S/C15H16FN3O2/c16-14-7-11(1-4-15(14)19(20)21)9-18-6-5-12(10-18)8-17-13-2-3-13/h1,4-7,10,13,17H,2-3,8-9H2. The third-order valence-electron chi connectivity index (χ3n) is 3.56. The fourth-order valence-electron chi connectivity index (χ4n) is 2.25. The van der Waals surface area contributed by atoms with Crippen molar-refractivity contribution in [2.75, 3.05) is 0 Å². The van der Waals surface area contributed by atoms with Crippen LogP contribution in [0.2, 0.25) is 0 Å². The summed E-state index contributed by atoms with van der Waals surface area (Å²) in [5.74, 6) is -0.791. The molecule has 0 spiro atoms. The van der Waals surface area contributed by atoms with E-state index in [0.29, 0.717) is 18.2 Å². The molecule has 1 heterocycles. The van der Waals surface area contributed by atoms with Crippen LogP contribution in [0.4, 0.5) is 10.1 Å². The molecule has 1 aromatic heterocycles. The molecule has 1 aromatic carbocycles. The molecule has 0 amide bonds. The second kappa shape index (κ2) is 5.65. The number of nitro benzene ring substituents is 1. The molecule has 21 heavy (non-hydrogen) atoms. The predicted molar refractivity (Wildman–Crippen MR) is 76.5 cm³/mol. The zero-order chi connectivity index (χ0) is 14.8. The van der Waals surface area contributed by atoms with Crippen LogP contribution in [0.3, 0.4) is 0 Å². The Morgan fingerprint density at radius 2 is 2.14 bits per heavy atom. The summed E-state index contributed by atoms with van der Waals surface area (Å²) in [6.45, 7) is 1.34. The summed E-state index contributed by atoms with van der Waals surface area (Å²) in [6, 6.07) is 6.71. The second-order valence-electron chi connectivity index (χ2n) is 5.39. The number of nitrogens with zero attached hydrogens (tertiary/aromatic N) is 2. The van der Waals surface area contributed by atoms with Crippen LogP contribution in [0.15, 0.2) is 36.7 Å². The monoisotopic (exact) mass is 289 g/mol. The van der Waals surface area contributed by atoms with Gasteiger partial charge >= 0.3 is 5.69 Å². The van der Waals surface area contributed by atoms with E-state index in [-0.39, 0.29) is 0 Å². The fraction of sp³-hybridized carbons (Fsp3) is 0.333. The molecule has 1 fully saturated rings. The van der Waals surface area contributed by atoms with E-state index < -0.39 is 16.4 Å². The first-order valence-electron chi connectivity index (χ1n) is 6.92. The molecule has 5 nitrogen and oxygen atoms in total. The number of nitro groups is 1. The Kier molecular flexibility index (Phi) is 3.70. The van der Waals surface area contributed by atoms with Crippen LogP contribution < -0.4 is 5.32 Å². The van der Waals surface area contributed by atoms with Crippen molar-refractivity contribution in [2.24, 2.45) is 0 Å². The number of rotatable bonds is 6. The van der Waals surface area contributed by atoms with Gasteiger partial charge in [-0.2, -0.15) is 4.39 Å².